The molecule has 1 saturated carbocycles. The van der Waals surface area contributed by atoms with Gasteiger partial charge in [-0.05, 0) is 57.2 Å². The Labute approximate surface area is 183 Å². The number of fused-ring (bicyclic) bond motifs is 2. The van der Waals surface area contributed by atoms with Crippen LogP contribution >= 0.6 is 0 Å². The number of hydrogen-bond donors (Lipinski definition) is 1. The van der Waals surface area contributed by atoms with Gasteiger partial charge in [0.15, 0.2) is 6.10 Å². The highest BCUT2D eigenvalue weighted by molar-refractivity contribution is 5.85. The molecule has 1 amide bonds. The van der Waals surface area contributed by atoms with Crippen molar-refractivity contribution in [1.29, 1.82) is 0 Å². The molecular formula is C25H33NO5. The third-order valence-electron chi connectivity index (χ3n) is 7.11. The van der Waals surface area contributed by atoms with Crippen molar-refractivity contribution in [2.75, 3.05) is 13.1 Å². The Hall–Kier alpha value is -2.34. The fraction of sp³-hybridized carbons (Fsp3) is 0.600. The highest BCUT2D eigenvalue weighted by Crippen LogP contribution is 2.40. The molecule has 1 aromatic heterocycles. The molecule has 168 valence electrons. The van der Waals surface area contributed by atoms with Gasteiger partial charge in [-0.1, -0.05) is 26.2 Å². The maximum Gasteiger partial charge on any atom is 0.336 e. The van der Waals surface area contributed by atoms with E-state index < -0.39 is 11.7 Å². The number of carbonyl (C=O) groups is 1. The number of piperidine rings is 1. The molecule has 1 aliphatic carbocycles. The highest BCUT2D eigenvalue weighted by Gasteiger charge is 2.44. The topological polar surface area (TPSA) is 80.0 Å². The van der Waals surface area contributed by atoms with E-state index in [1.54, 1.807) is 13.0 Å². The Morgan fingerprint density at radius 3 is 2.94 bits per heavy atom. The van der Waals surface area contributed by atoms with Crippen LogP contribution in [-0.2, 0) is 11.2 Å². The molecule has 31 heavy (non-hydrogen) atoms. The second kappa shape index (κ2) is 8.65. The Morgan fingerprint density at radius 1 is 1.35 bits per heavy atom. The van der Waals surface area contributed by atoms with Gasteiger partial charge in [-0.2, -0.15) is 0 Å². The van der Waals surface area contributed by atoms with Gasteiger partial charge in [-0.15, -0.1) is 0 Å². The van der Waals surface area contributed by atoms with Crippen LogP contribution in [0, 0.1) is 12.8 Å². The molecule has 1 aromatic carbocycles. The molecule has 6 nitrogen and oxygen atoms in total. The summed E-state index contributed by atoms with van der Waals surface area (Å²) in [5.41, 5.74) is 1.25. The van der Waals surface area contributed by atoms with E-state index in [1.807, 2.05) is 24.0 Å². The summed E-state index contributed by atoms with van der Waals surface area (Å²) in [6.45, 7) is 6.85. The van der Waals surface area contributed by atoms with Crippen molar-refractivity contribution in [3.8, 4) is 5.75 Å². The Bertz CT molecular complexity index is 1030. The van der Waals surface area contributed by atoms with Gasteiger partial charge < -0.3 is 19.2 Å². The molecule has 2 heterocycles. The molecule has 2 aromatic rings. The number of nitrogens with zero attached hydrogens (tertiary/aromatic N) is 1. The Balaban J connectivity index is 1.51. The highest BCUT2D eigenvalue weighted by atomic mass is 16.5. The first-order chi connectivity index (χ1) is 14.8. The number of benzene rings is 1. The number of aliphatic hydroxyl groups is 1. The zero-order chi connectivity index (χ0) is 22.2. The lowest BCUT2D eigenvalue weighted by Crippen LogP contribution is -2.56. The largest absolute Gasteiger partial charge is 0.480 e. The van der Waals surface area contributed by atoms with Crippen LogP contribution in [0.4, 0.5) is 0 Å². The van der Waals surface area contributed by atoms with E-state index in [2.05, 4.69) is 6.92 Å². The predicted molar refractivity (Wildman–Crippen MR) is 119 cm³/mol. The van der Waals surface area contributed by atoms with Crippen LogP contribution in [-0.4, -0.2) is 40.7 Å². The van der Waals surface area contributed by atoms with Crippen LogP contribution in [0.5, 0.6) is 5.75 Å². The maximum atomic E-state index is 13.1. The first kappa shape index (κ1) is 21.9. The quantitative estimate of drug-likeness (QED) is 0.730. The molecule has 2 aliphatic rings. The van der Waals surface area contributed by atoms with Gasteiger partial charge in [0.05, 0.1) is 5.60 Å². The second-order valence-corrected chi connectivity index (χ2v) is 9.25. The van der Waals surface area contributed by atoms with E-state index in [0.717, 1.165) is 55.0 Å². The lowest BCUT2D eigenvalue weighted by Gasteiger charge is -2.47. The van der Waals surface area contributed by atoms with Crippen LogP contribution in [0.3, 0.4) is 0 Å². The van der Waals surface area contributed by atoms with Crippen LogP contribution < -0.4 is 10.4 Å². The molecule has 0 bridgehead atoms. The molecule has 6 heteroatoms. The van der Waals surface area contributed by atoms with Gasteiger partial charge in [0.25, 0.3) is 5.91 Å². The Kier molecular flexibility index (Phi) is 6.11. The average molecular weight is 428 g/mol. The standard InChI is InChI=1S/C25H33NO5/c1-4-7-18-14-22(27)31-23-16(2)21(10-9-20(18)23)30-17(3)24(28)26-13-12-25(29)11-6-5-8-19(25)15-26/h9-10,14,17,19,29H,4-8,11-13,15H2,1-3H3/t17-,19-,25-/m0/s1. The van der Waals surface area contributed by atoms with Crippen molar-refractivity contribution < 1.29 is 19.1 Å². The molecule has 1 saturated heterocycles. The summed E-state index contributed by atoms with van der Waals surface area (Å²) in [4.78, 5) is 27.0. The van der Waals surface area contributed by atoms with Crippen molar-refractivity contribution in [1.82, 2.24) is 4.90 Å². The summed E-state index contributed by atoms with van der Waals surface area (Å²) in [5, 5.41) is 11.8. The number of rotatable bonds is 5. The SMILES string of the molecule is CCCc1cc(=O)oc2c(C)c(O[C@@H](C)C(=O)N3CC[C@@]4(O)CCCC[C@H]4C3)ccc12. The van der Waals surface area contributed by atoms with E-state index in [9.17, 15) is 14.7 Å². The molecule has 0 radical (unpaired) electrons. The van der Waals surface area contributed by atoms with Gasteiger partial charge in [0, 0.05) is 36.0 Å². The smallest absolute Gasteiger partial charge is 0.336 e. The van der Waals surface area contributed by atoms with Gasteiger partial charge in [-0.25, -0.2) is 4.79 Å². The lowest BCUT2D eigenvalue weighted by molar-refractivity contribution is -0.149. The van der Waals surface area contributed by atoms with Gasteiger partial charge in [0.2, 0.25) is 0 Å². The van der Waals surface area contributed by atoms with E-state index in [0.29, 0.717) is 30.8 Å². The zero-order valence-corrected chi connectivity index (χ0v) is 18.8. The van der Waals surface area contributed by atoms with Crippen molar-refractivity contribution in [3.63, 3.8) is 0 Å². The minimum absolute atomic E-state index is 0.0618. The first-order valence-corrected chi connectivity index (χ1v) is 11.6. The summed E-state index contributed by atoms with van der Waals surface area (Å²) < 4.78 is 11.5. The molecule has 3 atom stereocenters. The van der Waals surface area contributed by atoms with Crippen molar-refractivity contribution in [2.45, 2.75) is 77.4 Å². The summed E-state index contributed by atoms with van der Waals surface area (Å²) in [6.07, 6.45) is 5.71. The van der Waals surface area contributed by atoms with Crippen LogP contribution in [0.25, 0.3) is 11.0 Å². The molecule has 0 spiro atoms. The second-order valence-electron chi connectivity index (χ2n) is 9.25. The fourth-order valence-corrected chi connectivity index (χ4v) is 5.28. The molecular weight excluding hydrogens is 394 g/mol. The average Bonchev–Trinajstić information content (AvgIpc) is 2.75. The first-order valence-electron chi connectivity index (χ1n) is 11.6. The normalized spacial score (nSPS) is 24.6. The third-order valence-corrected chi connectivity index (χ3v) is 7.11. The molecule has 1 aliphatic heterocycles. The summed E-state index contributed by atoms with van der Waals surface area (Å²) in [7, 11) is 0. The van der Waals surface area contributed by atoms with E-state index in [1.165, 1.54) is 0 Å². The molecule has 2 fully saturated rings. The monoisotopic (exact) mass is 427 g/mol. The van der Waals surface area contributed by atoms with Crippen molar-refractivity contribution >= 4 is 16.9 Å². The van der Waals surface area contributed by atoms with Crippen LogP contribution in [0.15, 0.2) is 27.4 Å². The summed E-state index contributed by atoms with van der Waals surface area (Å²) in [6, 6.07) is 5.32. The van der Waals surface area contributed by atoms with E-state index in [4.69, 9.17) is 9.15 Å². The maximum absolute atomic E-state index is 13.1. The number of hydrogen-bond acceptors (Lipinski definition) is 5. The van der Waals surface area contributed by atoms with Gasteiger partial charge >= 0.3 is 5.63 Å². The summed E-state index contributed by atoms with van der Waals surface area (Å²) >= 11 is 0. The molecule has 4 rings (SSSR count). The van der Waals surface area contributed by atoms with E-state index in [-0.39, 0.29) is 17.5 Å². The number of likely N-dealkylation sites (tertiary alicyclic amines) is 1. The summed E-state index contributed by atoms with van der Waals surface area (Å²) in [5.74, 6) is 0.643. The number of amides is 1. The molecule has 0 unspecified atom stereocenters. The van der Waals surface area contributed by atoms with Crippen LogP contribution in [0.1, 0.15) is 63.5 Å². The minimum Gasteiger partial charge on any atom is -0.480 e. The Morgan fingerprint density at radius 2 is 2.16 bits per heavy atom. The van der Waals surface area contributed by atoms with Crippen LogP contribution in [0.2, 0.25) is 0 Å². The number of carbonyl (C=O) groups excluding carboxylic acids is 1. The third kappa shape index (κ3) is 4.22. The van der Waals surface area contributed by atoms with Crippen molar-refractivity contribution in [2.24, 2.45) is 5.92 Å². The van der Waals surface area contributed by atoms with Crippen molar-refractivity contribution in [3.05, 3.63) is 39.7 Å². The zero-order valence-electron chi connectivity index (χ0n) is 18.8. The predicted octanol–water partition coefficient (Wildman–Crippen LogP) is 3.97. The van der Waals surface area contributed by atoms with E-state index >= 15 is 0 Å². The van der Waals surface area contributed by atoms with Gasteiger partial charge in [0.1, 0.15) is 11.3 Å². The minimum atomic E-state index is -0.656. The fourth-order valence-electron chi connectivity index (χ4n) is 5.28. The number of aryl methyl sites for hydroxylation is 2. The van der Waals surface area contributed by atoms with Gasteiger partial charge in [-0.3, -0.25) is 4.79 Å². The molecule has 1 N–H and O–H groups in total. The lowest BCUT2D eigenvalue weighted by atomic mass is 9.71. The number of ether oxygens (including phenoxy) is 1.